The van der Waals surface area contributed by atoms with Gasteiger partial charge in [-0.15, -0.1) is 0 Å². The summed E-state index contributed by atoms with van der Waals surface area (Å²) >= 11 is 0. The van der Waals surface area contributed by atoms with E-state index in [9.17, 15) is 0 Å². The summed E-state index contributed by atoms with van der Waals surface area (Å²) in [7, 11) is 0. The van der Waals surface area contributed by atoms with Crippen molar-refractivity contribution < 1.29 is 0 Å². The maximum atomic E-state index is 5.15. The average Bonchev–Trinajstić information content (AvgIpc) is 3.80. The van der Waals surface area contributed by atoms with E-state index in [2.05, 4.69) is 200 Å². The lowest BCUT2D eigenvalue weighted by Crippen LogP contribution is -2.25. The van der Waals surface area contributed by atoms with E-state index in [-0.39, 0.29) is 0 Å². The molecule has 0 aliphatic heterocycles. The molecule has 0 radical (unpaired) electrons. The molecule has 282 valence electrons. The minimum absolute atomic E-state index is 0.408. The van der Waals surface area contributed by atoms with Crippen LogP contribution in [0.25, 0.3) is 99.6 Å². The normalized spacial score (nSPS) is 13.0. The lowest BCUT2D eigenvalue weighted by Gasteiger charge is -2.30. The van der Waals surface area contributed by atoms with Gasteiger partial charge in [-0.05, 0) is 112 Å². The molecule has 0 atom stereocenters. The third-order valence-corrected chi connectivity index (χ3v) is 13.3. The molecule has 13 rings (SSSR count). The number of hydrogen-bond donors (Lipinski definition) is 0. The molecule has 2 aliphatic carbocycles. The highest BCUT2D eigenvalue weighted by molar-refractivity contribution is 6.09. The molecule has 0 saturated heterocycles. The van der Waals surface area contributed by atoms with E-state index >= 15 is 0 Å². The molecular weight excluding hydrogens is 737 g/mol. The van der Waals surface area contributed by atoms with E-state index in [0.717, 1.165) is 28.1 Å². The van der Waals surface area contributed by atoms with Gasteiger partial charge in [0.05, 0.1) is 16.8 Å². The zero-order chi connectivity index (χ0) is 40.1. The van der Waals surface area contributed by atoms with Crippen LogP contribution in [0.5, 0.6) is 0 Å². The molecule has 0 fully saturated rings. The van der Waals surface area contributed by atoms with E-state index in [0.29, 0.717) is 5.82 Å². The molecule has 11 aromatic rings. The van der Waals surface area contributed by atoms with Crippen LogP contribution in [-0.2, 0) is 5.41 Å². The molecule has 0 amide bonds. The third-order valence-electron chi connectivity index (χ3n) is 13.3. The number of fused-ring (bicyclic) bond motifs is 14. The second-order valence-corrected chi connectivity index (χ2v) is 16.4. The van der Waals surface area contributed by atoms with Crippen molar-refractivity contribution in [2.45, 2.75) is 5.41 Å². The molecule has 1 heterocycles. The summed E-state index contributed by atoms with van der Waals surface area (Å²) in [5, 5.41) is 7.42. The summed E-state index contributed by atoms with van der Waals surface area (Å²) in [6, 6.07) is 79.8. The van der Waals surface area contributed by atoms with Gasteiger partial charge in [0, 0.05) is 16.7 Å². The van der Waals surface area contributed by atoms with Gasteiger partial charge in [0.25, 0.3) is 0 Å². The molecule has 1 aromatic heterocycles. The van der Waals surface area contributed by atoms with E-state index in [4.69, 9.17) is 9.97 Å². The molecule has 2 aliphatic rings. The first-order chi connectivity index (χ1) is 30.2. The van der Waals surface area contributed by atoms with Crippen LogP contribution in [0.1, 0.15) is 22.3 Å². The van der Waals surface area contributed by atoms with Crippen molar-refractivity contribution in [3.63, 3.8) is 0 Å². The van der Waals surface area contributed by atoms with Gasteiger partial charge in [0.1, 0.15) is 0 Å². The zero-order valence-electron chi connectivity index (χ0n) is 33.2. The fourth-order valence-corrected chi connectivity index (χ4v) is 10.6. The highest BCUT2D eigenvalue weighted by atomic mass is 14.9. The lowest BCUT2D eigenvalue weighted by atomic mass is 9.70. The number of nitrogens with zero attached hydrogens (tertiary/aromatic N) is 2. The second kappa shape index (κ2) is 13.0. The molecule has 2 heteroatoms. The molecule has 10 aromatic carbocycles. The SMILES string of the molecule is c1ccc(-c2nc(-c3ccc(-c4ccc5cc6c(cc5c4)C4(c5ccccc5-c5ccccc54)c4ccc5ccccc5c4-6)cc3)cc(-c3cccc4ccccc34)n2)cc1. The highest BCUT2D eigenvalue weighted by Crippen LogP contribution is 2.64. The maximum Gasteiger partial charge on any atom is 0.160 e. The largest absolute Gasteiger partial charge is 0.228 e. The summed E-state index contributed by atoms with van der Waals surface area (Å²) in [4.78, 5) is 10.3. The van der Waals surface area contributed by atoms with Crippen LogP contribution in [0.15, 0.2) is 218 Å². The molecular formula is C59H36N2. The van der Waals surface area contributed by atoms with Crippen molar-refractivity contribution in [3.05, 3.63) is 241 Å². The van der Waals surface area contributed by atoms with Gasteiger partial charge < -0.3 is 0 Å². The number of benzene rings is 10. The van der Waals surface area contributed by atoms with Gasteiger partial charge in [-0.2, -0.15) is 0 Å². The predicted octanol–water partition coefficient (Wildman–Crippen LogP) is 14.9. The van der Waals surface area contributed by atoms with Crippen molar-refractivity contribution in [1.29, 1.82) is 0 Å². The predicted molar refractivity (Wildman–Crippen MR) is 253 cm³/mol. The molecule has 0 unspecified atom stereocenters. The smallest absolute Gasteiger partial charge is 0.160 e. The Hall–Kier alpha value is -7.94. The van der Waals surface area contributed by atoms with Gasteiger partial charge in [-0.3, -0.25) is 0 Å². The van der Waals surface area contributed by atoms with Crippen molar-refractivity contribution >= 4 is 32.3 Å². The molecule has 61 heavy (non-hydrogen) atoms. The van der Waals surface area contributed by atoms with Crippen LogP contribution in [0.4, 0.5) is 0 Å². The average molecular weight is 773 g/mol. The summed E-state index contributed by atoms with van der Waals surface area (Å²) in [6.07, 6.45) is 0. The van der Waals surface area contributed by atoms with Crippen molar-refractivity contribution in [2.75, 3.05) is 0 Å². The van der Waals surface area contributed by atoms with Crippen molar-refractivity contribution in [3.8, 4) is 67.3 Å². The first-order valence-corrected chi connectivity index (χ1v) is 21.1. The lowest BCUT2D eigenvalue weighted by molar-refractivity contribution is 0.795. The maximum absolute atomic E-state index is 5.15. The summed E-state index contributed by atoms with van der Waals surface area (Å²) in [5.41, 5.74) is 17.7. The topological polar surface area (TPSA) is 25.8 Å². The Kier molecular flexibility index (Phi) is 7.26. The van der Waals surface area contributed by atoms with Gasteiger partial charge >= 0.3 is 0 Å². The Morgan fingerprint density at radius 3 is 1.66 bits per heavy atom. The second-order valence-electron chi connectivity index (χ2n) is 16.4. The molecule has 0 saturated carbocycles. The fourth-order valence-electron chi connectivity index (χ4n) is 10.6. The summed E-state index contributed by atoms with van der Waals surface area (Å²) < 4.78 is 0. The van der Waals surface area contributed by atoms with Crippen LogP contribution in [0.2, 0.25) is 0 Å². The molecule has 0 bridgehead atoms. The molecule has 0 N–H and O–H groups in total. The van der Waals surface area contributed by atoms with Crippen LogP contribution in [0.3, 0.4) is 0 Å². The molecule has 2 nitrogen and oxygen atoms in total. The van der Waals surface area contributed by atoms with Crippen LogP contribution in [0, 0.1) is 0 Å². The van der Waals surface area contributed by atoms with Crippen LogP contribution >= 0.6 is 0 Å². The first-order valence-electron chi connectivity index (χ1n) is 21.1. The minimum atomic E-state index is -0.408. The Balaban J connectivity index is 0.952. The van der Waals surface area contributed by atoms with Gasteiger partial charge in [-0.1, -0.05) is 194 Å². The Bertz CT molecular complexity index is 3530. The Labute approximate surface area is 354 Å². The van der Waals surface area contributed by atoms with Crippen LogP contribution in [-0.4, -0.2) is 9.97 Å². The molecule has 1 spiro atoms. The van der Waals surface area contributed by atoms with Crippen molar-refractivity contribution in [1.82, 2.24) is 9.97 Å². The van der Waals surface area contributed by atoms with E-state index in [1.54, 1.807) is 0 Å². The van der Waals surface area contributed by atoms with E-state index in [1.807, 2.05) is 18.2 Å². The first kappa shape index (κ1) is 34.0. The van der Waals surface area contributed by atoms with Gasteiger partial charge in [0.15, 0.2) is 5.82 Å². The van der Waals surface area contributed by atoms with Crippen molar-refractivity contribution in [2.24, 2.45) is 0 Å². The monoisotopic (exact) mass is 772 g/mol. The van der Waals surface area contributed by atoms with Gasteiger partial charge in [-0.25, -0.2) is 9.97 Å². The number of rotatable bonds is 4. The van der Waals surface area contributed by atoms with Gasteiger partial charge in [0.2, 0.25) is 0 Å². The van der Waals surface area contributed by atoms with Crippen LogP contribution < -0.4 is 0 Å². The standard InChI is InChI=1S/C59H36N2/c1-2-15-41(16-3-1)58-60-55(36-56(61-58)49-22-12-17-38-13-4-6-18-45(38)49)40-27-25-37(26-28-40)42-29-30-43-34-50-54(35-44(43)33-42)59(53-32-31-39-14-5-7-19-46(39)57(50)53)51-23-10-8-20-47(51)48-21-9-11-24-52(48)59/h1-36H. The number of aromatic nitrogens is 2. The third kappa shape index (κ3) is 4.97. The quantitative estimate of drug-likeness (QED) is 0.178. The van der Waals surface area contributed by atoms with E-state index in [1.165, 1.54) is 88.0 Å². The number of hydrogen-bond acceptors (Lipinski definition) is 2. The minimum Gasteiger partial charge on any atom is -0.228 e. The highest BCUT2D eigenvalue weighted by Gasteiger charge is 2.52. The summed E-state index contributed by atoms with van der Waals surface area (Å²) in [5.74, 6) is 0.715. The Morgan fingerprint density at radius 1 is 0.279 bits per heavy atom. The van der Waals surface area contributed by atoms with E-state index < -0.39 is 5.41 Å². The zero-order valence-corrected chi connectivity index (χ0v) is 33.2. The fraction of sp³-hybridized carbons (Fsp3) is 0.0169. The Morgan fingerprint density at radius 2 is 0.869 bits per heavy atom. The summed E-state index contributed by atoms with van der Waals surface area (Å²) in [6.45, 7) is 0.